The van der Waals surface area contributed by atoms with Crippen LogP contribution in [0.1, 0.15) is 34.1 Å². The van der Waals surface area contributed by atoms with Gasteiger partial charge in [-0.3, -0.25) is 0 Å². The second-order valence-corrected chi connectivity index (χ2v) is 5.72. The lowest BCUT2D eigenvalue weighted by Crippen LogP contribution is -2.45. The number of benzene rings is 1. The molecule has 1 rings (SSSR count). The van der Waals surface area contributed by atoms with Gasteiger partial charge in [-0.15, -0.1) is 0 Å². The third-order valence-corrected chi connectivity index (χ3v) is 3.06. The largest absolute Gasteiger partial charge is 0.464 e. The number of esters is 1. The molecule has 1 aromatic rings. The SMILES string of the molecule is CCOC(=O)C(C)(CC(C)C)Nc1ccc(Cl)cc1. The average Bonchev–Trinajstić information content (AvgIpc) is 2.31. The summed E-state index contributed by atoms with van der Waals surface area (Å²) in [7, 11) is 0. The number of nitrogens with one attached hydrogen (secondary N) is 1. The van der Waals surface area contributed by atoms with Crippen LogP contribution in [0.4, 0.5) is 5.69 Å². The van der Waals surface area contributed by atoms with Crippen molar-refractivity contribution in [2.45, 2.75) is 39.7 Å². The van der Waals surface area contributed by atoms with Gasteiger partial charge in [-0.2, -0.15) is 0 Å². The molecule has 1 N–H and O–H groups in total. The van der Waals surface area contributed by atoms with Gasteiger partial charge in [0.2, 0.25) is 0 Å². The van der Waals surface area contributed by atoms with Crippen molar-refractivity contribution in [3.8, 4) is 0 Å². The highest BCUT2D eigenvalue weighted by atomic mass is 35.5. The van der Waals surface area contributed by atoms with Crippen molar-refractivity contribution in [3.63, 3.8) is 0 Å². The van der Waals surface area contributed by atoms with Crippen LogP contribution in [0.3, 0.4) is 0 Å². The summed E-state index contributed by atoms with van der Waals surface area (Å²) < 4.78 is 5.18. The van der Waals surface area contributed by atoms with E-state index in [9.17, 15) is 4.79 Å². The second kappa shape index (κ2) is 6.80. The Kier molecular flexibility index (Phi) is 5.67. The third kappa shape index (κ3) is 4.75. The van der Waals surface area contributed by atoms with E-state index >= 15 is 0 Å². The molecule has 0 aliphatic carbocycles. The molecular formula is C15H22ClNO2. The van der Waals surface area contributed by atoms with Crippen LogP contribution < -0.4 is 5.32 Å². The summed E-state index contributed by atoms with van der Waals surface area (Å²) in [4.78, 5) is 12.2. The van der Waals surface area contributed by atoms with E-state index in [4.69, 9.17) is 16.3 Å². The van der Waals surface area contributed by atoms with Crippen molar-refractivity contribution in [2.75, 3.05) is 11.9 Å². The number of hydrogen-bond acceptors (Lipinski definition) is 3. The summed E-state index contributed by atoms with van der Waals surface area (Å²) in [6.45, 7) is 8.24. The summed E-state index contributed by atoms with van der Waals surface area (Å²) in [6, 6.07) is 7.32. The number of hydrogen-bond donors (Lipinski definition) is 1. The molecule has 0 radical (unpaired) electrons. The molecule has 106 valence electrons. The standard InChI is InChI=1S/C15H22ClNO2/c1-5-19-14(18)15(4,10-11(2)3)17-13-8-6-12(16)7-9-13/h6-9,11,17H,5,10H2,1-4H3. The van der Waals surface area contributed by atoms with E-state index < -0.39 is 5.54 Å². The second-order valence-electron chi connectivity index (χ2n) is 5.28. The first-order valence-corrected chi connectivity index (χ1v) is 6.96. The van der Waals surface area contributed by atoms with Gasteiger partial charge in [0.1, 0.15) is 5.54 Å². The molecule has 1 unspecified atom stereocenters. The van der Waals surface area contributed by atoms with Gasteiger partial charge in [0, 0.05) is 10.7 Å². The van der Waals surface area contributed by atoms with Crippen LogP contribution >= 0.6 is 11.6 Å². The Bertz CT molecular complexity index is 417. The monoisotopic (exact) mass is 283 g/mol. The van der Waals surface area contributed by atoms with Gasteiger partial charge in [0.25, 0.3) is 0 Å². The van der Waals surface area contributed by atoms with Gasteiger partial charge < -0.3 is 10.1 Å². The van der Waals surface area contributed by atoms with E-state index in [2.05, 4.69) is 19.2 Å². The van der Waals surface area contributed by atoms with E-state index in [0.29, 0.717) is 24.0 Å². The van der Waals surface area contributed by atoms with Gasteiger partial charge >= 0.3 is 5.97 Å². The Morgan fingerprint density at radius 2 is 1.95 bits per heavy atom. The van der Waals surface area contributed by atoms with E-state index in [0.717, 1.165) is 5.69 Å². The molecule has 0 aromatic heterocycles. The predicted molar refractivity (Wildman–Crippen MR) is 79.6 cm³/mol. The molecule has 19 heavy (non-hydrogen) atoms. The highest BCUT2D eigenvalue weighted by molar-refractivity contribution is 6.30. The van der Waals surface area contributed by atoms with Crippen LogP contribution in [-0.4, -0.2) is 18.1 Å². The maximum Gasteiger partial charge on any atom is 0.331 e. The van der Waals surface area contributed by atoms with Crippen molar-refractivity contribution >= 4 is 23.3 Å². The summed E-state index contributed by atoms with van der Waals surface area (Å²) in [5.41, 5.74) is 0.137. The number of carbonyl (C=O) groups is 1. The van der Waals surface area contributed by atoms with Crippen LogP contribution in [0.25, 0.3) is 0 Å². The molecule has 0 heterocycles. The summed E-state index contributed by atoms with van der Waals surface area (Å²) in [6.07, 6.45) is 0.703. The number of ether oxygens (including phenoxy) is 1. The highest BCUT2D eigenvalue weighted by Gasteiger charge is 2.35. The third-order valence-electron chi connectivity index (χ3n) is 2.81. The van der Waals surface area contributed by atoms with Gasteiger partial charge in [0.05, 0.1) is 6.61 Å². The maximum atomic E-state index is 12.2. The lowest BCUT2D eigenvalue weighted by Gasteiger charge is -2.31. The maximum absolute atomic E-state index is 12.2. The normalized spacial score (nSPS) is 14.0. The Morgan fingerprint density at radius 1 is 1.37 bits per heavy atom. The molecule has 1 aromatic carbocycles. The van der Waals surface area contributed by atoms with Crippen molar-refractivity contribution < 1.29 is 9.53 Å². The molecule has 0 aliphatic rings. The van der Waals surface area contributed by atoms with Crippen LogP contribution in [0.2, 0.25) is 5.02 Å². The topological polar surface area (TPSA) is 38.3 Å². The van der Waals surface area contributed by atoms with E-state index in [-0.39, 0.29) is 5.97 Å². The number of anilines is 1. The first-order chi connectivity index (χ1) is 8.87. The molecule has 0 aliphatic heterocycles. The Morgan fingerprint density at radius 3 is 2.42 bits per heavy atom. The van der Waals surface area contributed by atoms with Crippen molar-refractivity contribution in [3.05, 3.63) is 29.3 Å². The van der Waals surface area contributed by atoms with Crippen molar-refractivity contribution in [1.29, 1.82) is 0 Å². The molecule has 4 heteroatoms. The Labute approximate surface area is 120 Å². The lowest BCUT2D eigenvalue weighted by atomic mass is 9.90. The van der Waals surface area contributed by atoms with Crippen LogP contribution in [0.15, 0.2) is 24.3 Å². The Balaban J connectivity index is 2.90. The lowest BCUT2D eigenvalue weighted by molar-refractivity contribution is -0.148. The van der Waals surface area contributed by atoms with E-state index in [1.54, 1.807) is 12.1 Å². The number of carbonyl (C=O) groups excluding carboxylic acids is 1. The molecule has 0 bridgehead atoms. The predicted octanol–water partition coefficient (Wildman–Crippen LogP) is 4.12. The first kappa shape index (κ1) is 15.8. The number of halogens is 1. The van der Waals surface area contributed by atoms with Gasteiger partial charge in [-0.1, -0.05) is 25.4 Å². The molecule has 0 amide bonds. The van der Waals surface area contributed by atoms with Crippen LogP contribution in [0, 0.1) is 5.92 Å². The summed E-state index contributed by atoms with van der Waals surface area (Å²) in [5, 5.41) is 3.94. The zero-order chi connectivity index (χ0) is 14.5. The average molecular weight is 284 g/mol. The number of rotatable bonds is 6. The summed E-state index contributed by atoms with van der Waals surface area (Å²) >= 11 is 5.86. The zero-order valence-electron chi connectivity index (χ0n) is 12.0. The fourth-order valence-corrected chi connectivity index (χ4v) is 2.27. The zero-order valence-corrected chi connectivity index (χ0v) is 12.8. The minimum Gasteiger partial charge on any atom is -0.464 e. The minimum atomic E-state index is -0.724. The molecule has 0 saturated heterocycles. The molecule has 3 nitrogen and oxygen atoms in total. The summed E-state index contributed by atoms with van der Waals surface area (Å²) in [5.74, 6) is 0.160. The van der Waals surface area contributed by atoms with Gasteiger partial charge in [-0.05, 0) is 50.5 Å². The molecule has 0 spiro atoms. The van der Waals surface area contributed by atoms with Crippen molar-refractivity contribution in [2.24, 2.45) is 5.92 Å². The Hall–Kier alpha value is -1.22. The molecular weight excluding hydrogens is 262 g/mol. The van der Waals surface area contributed by atoms with Crippen molar-refractivity contribution in [1.82, 2.24) is 0 Å². The van der Waals surface area contributed by atoms with E-state index in [1.165, 1.54) is 0 Å². The van der Waals surface area contributed by atoms with Crippen LogP contribution in [0.5, 0.6) is 0 Å². The smallest absolute Gasteiger partial charge is 0.331 e. The molecule has 1 atom stereocenters. The van der Waals surface area contributed by atoms with Gasteiger partial charge in [0.15, 0.2) is 0 Å². The minimum absolute atomic E-state index is 0.223. The quantitative estimate of drug-likeness (QED) is 0.798. The first-order valence-electron chi connectivity index (χ1n) is 6.58. The van der Waals surface area contributed by atoms with Gasteiger partial charge in [-0.25, -0.2) is 4.79 Å². The van der Waals surface area contributed by atoms with E-state index in [1.807, 2.05) is 26.0 Å². The molecule has 0 saturated carbocycles. The highest BCUT2D eigenvalue weighted by Crippen LogP contribution is 2.25. The molecule has 0 fully saturated rings. The fraction of sp³-hybridized carbons (Fsp3) is 0.533. The van der Waals surface area contributed by atoms with Crippen LogP contribution in [-0.2, 0) is 9.53 Å². The fourth-order valence-electron chi connectivity index (χ4n) is 2.14.